The molecule has 104 valence electrons. The summed E-state index contributed by atoms with van der Waals surface area (Å²) in [5.41, 5.74) is 0. The molecule has 2 aliphatic heterocycles. The molecule has 1 aliphatic carbocycles. The second kappa shape index (κ2) is 5.89. The highest BCUT2D eigenvalue weighted by atomic mass is 16.5. The largest absolute Gasteiger partial charge is 0.374 e. The van der Waals surface area contributed by atoms with E-state index in [4.69, 9.17) is 4.74 Å². The Morgan fingerprint density at radius 3 is 3.00 bits per heavy atom. The van der Waals surface area contributed by atoms with Crippen LogP contribution in [0.5, 0.6) is 0 Å². The summed E-state index contributed by atoms with van der Waals surface area (Å²) in [6.45, 7) is 6.71. The van der Waals surface area contributed by atoms with Crippen LogP contribution in [0.3, 0.4) is 0 Å². The smallest absolute Gasteiger partial charge is 0.0855 e. The second-order valence-corrected chi connectivity index (χ2v) is 6.35. The first-order valence-corrected chi connectivity index (χ1v) is 7.96. The van der Waals surface area contributed by atoms with Crippen LogP contribution in [-0.2, 0) is 4.74 Å². The van der Waals surface area contributed by atoms with Crippen LogP contribution in [-0.4, -0.2) is 49.3 Å². The summed E-state index contributed by atoms with van der Waals surface area (Å²) in [5, 5.41) is 3.66. The second-order valence-electron chi connectivity index (χ2n) is 6.35. The van der Waals surface area contributed by atoms with Crippen molar-refractivity contribution in [3.8, 4) is 0 Å². The molecule has 3 aliphatic rings. The summed E-state index contributed by atoms with van der Waals surface area (Å²) in [6, 6.07) is 1.31. The number of morpholine rings is 1. The van der Waals surface area contributed by atoms with Crippen molar-refractivity contribution >= 4 is 0 Å². The Hall–Kier alpha value is -0.120. The standard InChI is InChI=1S/C15H28N2O/c1-2-16-14(8-7-12-5-6-12)15-10-17-9-3-4-13(17)11-18-15/h12-16H,2-11H2,1H3. The first-order chi connectivity index (χ1) is 8.86. The maximum Gasteiger partial charge on any atom is 0.0855 e. The summed E-state index contributed by atoms with van der Waals surface area (Å²) in [7, 11) is 0. The normalized spacial score (nSPS) is 34.5. The van der Waals surface area contributed by atoms with Crippen molar-refractivity contribution in [2.45, 2.75) is 63.6 Å². The molecule has 3 atom stereocenters. The number of nitrogens with one attached hydrogen (secondary N) is 1. The zero-order valence-corrected chi connectivity index (χ0v) is 11.7. The predicted octanol–water partition coefficient (Wildman–Crippen LogP) is 2.02. The van der Waals surface area contributed by atoms with Gasteiger partial charge in [-0.3, -0.25) is 4.90 Å². The van der Waals surface area contributed by atoms with Gasteiger partial charge in [0.15, 0.2) is 0 Å². The van der Waals surface area contributed by atoms with Gasteiger partial charge in [-0.25, -0.2) is 0 Å². The van der Waals surface area contributed by atoms with E-state index in [-0.39, 0.29) is 0 Å². The Morgan fingerprint density at radius 1 is 1.33 bits per heavy atom. The van der Waals surface area contributed by atoms with E-state index >= 15 is 0 Å². The van der Waals surface area contributed by atoms with E-state index in [1.165, 1.54) is 45.1 Å². The Bertz CT molecular complexity index is 267. The van der Waals surface area contributed by atoms with Gasteiger partial charge in [0.25, 0.3) is 0 Å². The van der Waals surface area contributed by atoms with Gasteiger partial charge in [0.1, 0.15) is 0 Å². The molecule has 0 aromatic carbocycles. The molecule has 0 bridgehead atoms. The van der Waals surface area contributed by atoms with E-state index in [2.05, 4.69) is 17.1 Å². The molecule has 3 rings (SSSR count). The highest BCUT2D eigenvalue weighted by molar-refractivity contribution is 4.90. The average molecular weight is 252 g/mol. The summed E-state index contributed by atoms with van der Waals surface area (Å²) >= 11 is 0. The third-order valence-corrected chi connectivity index (χ3v) is 4.91. The molecule has 0 radical (unpaired) electrons. The molecule has 0 amide bonds. The lowest BCUT2D eigenvalue weighted by Crippen LogP contribution is -2.54. The Kier molecular flexibility index (Phi) is 4.22. The predicted molar refractivity (Wildman–Crippen MR) is 73.8 cm³/mol. The van der Waals surface area contributed by atoms with E-state index in [1.54, 1.807) is 0 Å². The van der Waals surface area contributed by atoms with Crippen molar-refractivity contribution in [1.29, 1.82) is 0 Å². The molecule has 2 heterocycles. The zero-order valence-electron chi connectivity index (χ0n) is 11.7. The van der Waals surface area contributed by atoms with E-state index in [1.807, 2.05) is 0 Å². The van der Waals surface area contributed by atoms with Gasteiger partial charge in [-0.05, 0) is 44.7 Å². The molecule has 18 heavy (non-hydrogen) atoms. The van der Waals surface area contributed by atoms with Crippen molar-refractivity contribution < 1.29 is 4.74 Å². The molecule has 1 saturated carbocycles. The van der Waals surface area contributed by atoms with Gasteiger partial charge >= 0.3 is 0 Å². The minimum absolute atomic E-state index is 0.429. The minimum atomic E-state index is 0.429. The molecule has 0 spiro atoms. The molecule has 3 unspecified atom stereocenters. The fraction of sp³-hybridized carbons (Fsp3) is 1.00. The van der Waals surface area contributed by atoms with Gasteiger partial charge in [-0.1, -0.05) is 19.8 Å². The first kappa shape index (κ1) is 12.9. The Balaban J connectivity index is 1.51. The van der Waals surface area contributed by atoms with Gasteiger partial charge in [0.2, 0.25) is 0 Å². The molecule has 1 N–H and O–H groups in total. The molecule has 3 fully saturated rings. The lowest BCUT2D eigenvalue weighted by Gasteiger charge is -2.39. The average Bonchev–Trinajstić information content (AvgIpc) is 3.10. The number of hydrogen-bond donors (Lipinski definition) is 1. The van der Waals surface area contributed by atoms with E-state index in [0.717, 1.165) is 31.7 Å². The highest BCUT2D eigenvalue weighted by Crippen LogP contribution is 2.34. The molecule has 0 aromatic rings. The summed E-state index contributed by atoms with van der Waals surface area (Å²) in [5.74, 6) is 1.04. The molecular formula is C15H28N2O. The molecule has 3 heteroatoms. The van der Waals surface area contributed by atoms with Crippen LogP contribution in [0.15, 0.2) is 0 Å². The van der Waals surface area contributed by atoms with Gasteiger partial charge in [-0.15, -0.1) is 0 Å². The van der Waals surface area contributed by atoms with E-state index < -0.39 is 0 Å². The maximum atomic E-state index is 6.16. The third-order valence-electron chi connectivity index (χ3n) is 4.91. The lowest BCUT2D eigenvalue weighted by atomic mass is 10.0. The van der Waals surface area contributed by atoms with Gasteiger partial charge in [0.05, 0.1) is 12.7 Å². The van der Waals surface area contributed by atoms with Crippen LogP contribution >= 0.6 is 0 Å². The van der Waals surface area contributed by atoms with Crippen molar-refractivity contribution in [1.82, 2.24) is 10.2 Å². The molecule has 3 nitrogen and oxygen atoms in total. The van der Waals surface area contributed by atoms with E-state index in [0.29, 0.717) is 12.1 Å². The van der Waals surface area contributed by atoms with E-state index in [9.17, 15) is 0 Å². The van der Waals surface area contributed by atoms with Gasteiger partial charge in [0, 0.05) is 18.6 Å². The first-order valence-electron chi connectivity index (χ1n) is 7.96. The van der Waals surface area contributed by atoms with Gasteiger partial charge < -0.3 is 10.1 Å². The Morgan fingerprint density at radius 2 is 2.22 bits per heavy atom. The number of likely N-dealkylation sites (N-methyl/N-ethyl adjacent to an activating group) is 1. The van der Waals surface area contributed by atoms with Crippen LogP contribution in [0.2, 0.25) is 0 Å². The molecular weight excluding hydrogens is 224 g/mol. The summed E-state index contributed by atoms with van der Waals surface area (Å²) in [4.78, 5) is 2.66. The summed E-state index contributed by atoms with van der Waals surface area (Å²) < 4.78 is 6.16. The number of ether oxygens (including phenoxy) is 1. The topological polar surface area (TPSA) is 24.5 Å². The lowest BCUT2D eigenvalue weighted by molar-refractivity contribution is -0.0657. The van der Waals surface area contributed by atoms with Crippen molar-refractivity contribution in [2.75, 3.05) is 26.2 Å². The molecule has 2 saturated heterocycles. The monoisotopic (exact) mass is 252 g/mol. The fourth-order valence-electron chi connectivity index (χ4n) is 3.59. The third kappa shape index (κ3) is 3.06. The van der Waals surface area contributed by atoms with Crippen LogP contribution in [0, 0.1) is 5.92 Å². The maximum absolute atomic E-state index is 6.16. The zero-order chi connectivity index (χ0) is 12.4. The Labute approximate surface area is 111 Å². The molecule has 0 aromatic heterocycles. The number of fused-ring (bicyclic) bond motifs is 1. The summed E-state index contributed by atoms with van der Waals surface area (Å²) in [6.07, 6.45) is 8.80. The quantitative estimate of drug-likeness (QED) is 0.783. The van der Waals surface area contributed by atoms with Crippen molar-refractivity contribution in [3.05, 3.63) is 0 Å². The van der Waals surface area contributed by atoms with Crippen LogP contribution in [0.25, 0.3) is 0 Å². The highest BCUT2D eigenvalue weighted by Gasteiger charge is 2.36. The van der Waals surface area contributed by atoms with Crippen LogP contribution in [0.1, 0.15) is 45.4 Å². The van der Waals surface area contributed by atoms with Crippen LogP contribution < -0.4 is 5.32 Å². The van der Waals surface area contributed by atoms with Crippen molar-refractivity contribution in [2.24, 2.45) is 5.92 Å². The number of nitrogens with zero attached hydrogens (tertiary/aromatic N) is 1. The number of rotatable bonds is 6. The number of hydrogen-bond acceptors (Lipinski definition) is 3. The van der Waals surface area contributed by atoms with Crippen molar-refractivity contribution in [3.63, 3.8) is 0 Å². The SMILES string of the molecule is CCNC(CCC1CC1)C1CN2CCCC2CO1. The fourth-order valence-corrected chi connectivity index (χ4v) is 3.59. The van der Waals surface area contributed by atoms with Gasteiger partial charge in [-0.2, -0.15) is 0 Å². The van der Waals surface area contributed by atoms with Crippen LogP contribution in [0.4, 0.5) is 0 Å². The minimum Gasteiger partial charge on any atom is -0.374 e.